The van der Waals surface area contributed by atoms with E-state index in [0.29, 0.717) is 21.4 Å². The Morgan fingerprint density at radius 2 is 1.92 bits per heavy atom. The maximum atomic E-state index is 12.4. The minimum Gasteiger partial charge on any atom is -0.355 e. The van der Waals surface area contributed by atoms with Crippen molar-refractivity contribution in [1.82, 2.24) is 5.16 Å². The number of thioether (sulfide) groups is 1. The van der Waals surface area contributed by atoms with Crippen molar-refractivity contribution < 1.29 is 9.32 Å². The number of nitrogens with one attached hydrogen (secondary N) is 1. The molecule has 0 radical (unpaired) electrons. The smallest absolute Gasteiger partial charge is 0.277 e. The number of carbonyl (C=O) groups is 1. The number of benzene rings is 2. The van der Waals surface area contributed by atoms with Crippen LogP contribution in [0.1, 0.15) is 10.5 Å². The van der Waals surface area contributed by atoms with E-state index in [1.807, 2.05) is 30.5 Å². The van der Waals surface area contributed by atoms with Gasteiger partial charge in [0.05, 0.1) is 15.7 Å². The third-order valence-electron chi connectivity index (χ3n) is 3.30. The number of halogens is 2. The third kappa shape index (κ3) is 3.59. The molecule has 0 fully saturated rings. The molecule has 2 aromatic carbocycles. The zero-order valence-corrected chi connectivity index (χ0v) is 14.9. The van der Waals surface area contributed by atoms with Gasteiger partial charge in [-0.05, 0) is 36.6 Å². The van der Waals surface area contributed by atoms with Crippen molar-refractivity contribution in [2.24, 2.45) is 0 Å². The molecule has 122 valence electrons. The van der Waals surface area contributed by atoms with E-state index in [4.69, 9.17) is 27.7 Å². The standard InChI is InChI=1S/C17H12Cl2N2O2S/c1-24-16-5-3-2-4-13(16)20-17(22)14-9-15(23-21-14)10-6-7-11(18)12(19)8-10/h2-9H,1H3,(H,20,22). The van der Waals surface area contributed by atoms with Crippen LogP contribution in [0, 0.1) is 0 Å². The molecule has 0 aliphatic carbocycles. The van der Waals surface area contributed by atoms with Gasteiger partial charge in [0.2, 0.25) is 0 Å². The molecule has 3 aromatic rings. The molecule has 0 aliphatic rings. The molecule has 4 nitrogen and oxygen atoms in total. The van der Waals surface area contributed by atoms with Gasteiger partial charge in [0.25, 0.3) is 5.91 Å². The quantitative estimate of drug-likeness (QED) is 0.598. The first kappa shape index (κ1) is 16.9. The molecular formula is C17H12Cl2N2O2S. The Bertz CT molecular complexity index is 896. The number of rotatable bonds is 4. The van der Waals surface area contributed by atoms with Crippen LogP contribution < -0.4 is 5.32 Å². The van der Waals surface area contributed by atoms with Crippen LogP contribution in [0.25, 0.3) is 11.3 Å². The van der Waals surface area contributed by atoms with Gasteiger partial charge in [-0.2, -0.15) is 0 Å². The second kappa shape index (κ2) is 7.30. The minimum atomic E-state index is -0.341. The summed E-state index contributed by atoms with van der Waals surface area (Å²) in [5.74, 6) is 0.100. The zero-order valence-electron chi connectivity index (χ0n) is 12.5. The highest BCUT2D eigenvalue weighted by molar-refractivity contribution is 7.98. The van der Waals surface area contributed by atoms with Crippen LogP contribution in [-0.4, -0.2) is 17.3 Å². The van der Waals surface area contributed by atoms with E-state index in [1.165, 1.54) is 0 Å². The predicted octanol–water partition coefficient (Wildman–Crippen LogP) is 5.62. The molecule has 1 N–H and O–H groups in total. The summed E-state index contributed by atoms with van der Waals surface area (Å²) in [7, 11) is 0. The Labute approximate surface area is 153 Å². The summed E-state index contributed by atoms with van der Waals surface area (Å²) in [5, 5.41) is 7.52. The Kier molecular flexibility index (Phi) is 5.14. The van der Waals surface area contributed by atoms with E-state index in [0.717, 1.165) is 10.6 Å². The Morgan fingerprint density at radius 1 is 1.12 bits per heavy atom. The number of aromatic nitrogens is 1. The van der Waals surface area contributed by atoms with E-state index in [1.54, 1.807) is 36.0 Å². The lowest BCUT2D eigenvalue weighted by molar-refractivity contribution is 0.101. The van der Waals surface area contributed by atoms with Gasteiger partial charge in [0.15, 0.2) is 11.5 Å². The zero-order chi connectivity index (χ0) is 17.1. The average molecular weight is 379 g/mol. The van der Waals surface area contributed by atoms with Crippen molar-refractivity contribution in [2.45, 2.75) is 4.90 Å². The fourth-order valence-electron chi connectivity index (χ4n) is 2.10. The SMILES string of the molecule is CSc1ccccc1NC(=O)c1cc(-c2ccc(Cl)c(Cl)c2)on1. The monoisotopic (exact) mass is 378 g/mol. The van der Waals surface area contributed by atoms with Crippen molar-refractivity contribution in [3.05, 3.63) is 64.3 Å². The maximum Gasteiger partial charge on any atom is 0.277 e. The molecule has 0 saturated heterocycles. The number of carbonyl (C=O) groups excluding carboxylic acids is 1. The number of nitrogens with zero attached hydrogens (tertiary/aromatic N) is 1. The fourth-order valence-corrected chi connectivity index (χ4v) is 2.95. The lowest BCUT2D eigenvalue weighted by atomic mass is 10.1. The number of amides is 1. The van der Waals surface area contributed by atoms with Gasteiger partial charge in [-0.25, -0.2) is 0 Å². The highest BCUT2D eigenvalue weighted by Gasteiger charge is 2.15. The van der Waals surface area contributed by atoms with Crippen LogP contribution in [-0.2, 0) is 0 Å². The first-order valence-electron chi connectivity index (χ1n) is 6.95. The maximum absolute atomic E-state index is 12.4. The van der Waals surface area contributed by atoms with Gasteiger partial charge >= 0.3 is 0 Å². The molecule has 3 rings (SSSR count). The highest BCUT2D eigenvalue weighted by Crippen LogP contribution is 2.29. The molecule has 0 atom stereocenters. The Hall–Kier alpha value is -1.95. The van der Waals surface area contributed by atoms with Gasteiger partial charge in [-0.3, -0.25) is 4.79 Å². The van der Waals surface area contributed by atoms with Crippen molar-refractivity contribution in [3.8, 4) is 11.3 Å². The predicted molar refractivity (Wildman–Crippen MR) is 98.1 cm³/mol. The first-order chi connectivity index (χ1) is 11.6. The fraction of sp³-hybridized carbons (Fsp3) is 0.0588. The van der Waals surface area contributed by atoms with Gasteiger partial charge in [-0.15, -0.1) is 11.8 Å². The molecule has 1 amide bonds. The summed E-state index contributed by atoms with van der Waals surface area (Å²) in [5.41, 5.74) is 1.61. The molecule has 1 heterocycles. The van der Waals surface area contributed by atoms with Crippen LogP contribution in [0.4, 0.5) is 5.69 Å². The van der Waals surface area contributed by atoms with Crippen LogP contribution in [0.2, 0.25) is 10.0 Å². The Balaban J connectivity index is 1.82. The van der Waals surface area contributed by atoms with Crippen molar-refractivity contribution in [3.63, 3.8) is 0 Å². The van der Waals surface area contributed by atoms with Crippen LogP contribution in [0.5, 0.6) is 0 Å². The number of hydrogen-bond donors (Lipinski definition) is 1. The topological polar surface area (TPSA) is 55.1 Å². The second-order valence-electron chi connectivity index (χ2n) is 4.86. The molecule has 1 aromatic heterocycles. The normalized spacial score (nSPS) is 10.6. The molecule has 7 heteroatoms. The van der Waals surface area contributed by atoms with E-state index in [2.05, 4.69) is 10.5 Å². The van der Waals surface area contributed by atoms with Crippen molar-refractivity contribution >= 4 is 46.6 Å². The number of para-hydroxylation sites is 1. The summed E-state index contributed by atoms with van der Waals surface area (Å²) in [6.45, 7) is 0. The number of hydrogen-bond acceptors (Lipinski definition) is 4. The van der Waals surface area contributed by atoms with Crippen LogP contribution >= 0.6 is 35.0 Å². The largest absolute Gasteiger partial charge is 0.355 e. The molecule has 0 spiro atoms. The van der Waals surface area contributed by atoms with E-state index < -0.39 is 0 Å². The van der Waals surface area contributed by atoms with Gasteiger partial charge in [-0.1, -0.05) is 40.5 Å². The molecule has 0 aliphatic heterocycles. The lowest BCUT2D eigenvalue weighted by Crippen LogP contribution is -2.12. The van der Waals surface area contributed by atoms with Gasteiger partial charge in [0, 0.05) is 16.5 Å². The summed E-state index contributed by atoms with van der Waals surface area (Å²) in [6.07, 6.45) is 1.95. The first-order valence-corrected chi connectivity index (χ1v) is 8.93. The number of anilines is 1. The lowest BCUT2D eigenvalue weighted by Gasteiger charge is -2.07. The summed E-state index contributed by atoms with van der Waals surface area (Å²) in [4.78, 5) is 13.3. The summed E-state index contributed by atoms with van der Waals surface area (Å²) < 4.78 is 5.24. The molecule has 0 bridgehead atoms. The third-order valence-corrected chi connectivity index (χ3v) is 4.84. The second-order valence-corrected chi connectivity index (χ2v) is 6.52. The van der Waals surface area contributed by atoms with E-state index >= 15 is 0 Å². The summed E-state index contributed by atoms with van der Waals surface area (Å²) >= 11 is 13.4. The van der Waals surface area contributed by atoms with E-state index in [-0.39, 0.29) is 11.6 Å². The van der Waals surface area contributed by atoms with Crippen LogP contribution in [0.15, 0.2) is 57.9 Å². The van der Waals surface area contributed by atoms with Gasteiger partial charge in [0.1, 0.15) is 0 Å². The molecule has 0 saturated carbocycles. The highest BCUT2D eigenvalue weighted by atomic mass is 35.5. The Morgan fingerprint density at radius 3 is 2.67 bits per heavy atom. The molecule has 24 heavy (non-hydrogen) atoms. The van der Waals surface area contributed by atoms with E-state index in [9.17, 15) is 4.79 Å². The summed E-state index contributed by atoms with van der Waals surface area (Å²) in [6, 6.07) is 14.2. The van der Waals surface area contributed by atoms with Crippen LogP contribution in [0.3, 0.4) is 0 Å². The van der Waals surface area contributed by atoms with Crippen molar-refractivity contribution in [2.75, 3.05) is 11.6 Å². The molecular weight excluding hydrogens is 367 g/mol. The minimum absolute atomic E-state index is 0.187. The molecule has 0 unspecified atom stereocenters. The van der Waals surface area contributed by atoms with Gasteiger partial charge < -0.3 is 9.84 Å². The average Bonchev–Trinajstić information content (AvgIpc) is 3.08. The van der Waals surface area contributed by atoms with Crippen molar-refractivity contribution in [1.29, 1.82) is 0 Å².